The quantitative estimate of drug-likeness (QED) is 0.325. The fourth-order valence-electron chi connectivity index (χ4n) is 4.94. The molecule has 3 aromatic carbocycles. The van der Waals surface area contributed by atoms with E-state index in [9.17, 15) is 9.59 Å². The van der Waals surface area contributed by atoms with Crippen LogP contribution in [0.2, 0.25) is 5.02 Å². The summed E-state index contributed by atoms with van der Waals surface area (Å²) in [4.78, 5) is 31.6. The largest absolute Gasteiger partial charge is 0.496 e. The number of fused-ring (bicyclic) bond motifs is 1. The van der Waals surface area contributed by atoms with Crippen molar-refractivity contribution in [3.8, 4) is 11.5 Å². The van der Waals surface area contributed by atoms with Gasteiger partial charge in [0.05, 0.1) is 24.7 Å². The highest BCUT2D eigenvalue weighted by Crippen LogP contribution is 2.31. The van der Waals surface area contributed by atoms with Gasteiger partial charge < -0.3 is 9.57 Å². The third-order valence-corrected chi connectivity index (χ3v) is 6.98. The van der Waals surface area contributed by atoms with Crippen LogP contribution in [0.25, 0.3) is 11.0 Å². The average molecular weight is 506 g/mol. The number of carbonyl (C=O) groups is 1. The highest BCUT2D eigenvalue weighted by molar-refractivity contribution is 6.31. The van der Waals surface area contributed by atoms with E-state index in [4.69, 9.17) is 21.2 Å². The highest BCUT2D eigenvalue weighted by Gasteiger charge is 2.23. The Labute approximate surface area is 214 Å². The third-order valence-electron chi connectivity index (χ3n) is 6.75. The summed E-state index contributed by atoms with van der Waals surface area (Å²) in [5.74, 6) is 0.648. The maximum absolute atomic E-state index is 13.7. The van der Waals surface area contributed by atoms with Crippen LogP contribution in [0.1, 0.15) is 54.1 Å². The molecule has 1 aromatic heterocycles. The number of benzene rings is 3. The molecule has 1 amide bonds. The second-order valence-corrected chi connectivity index (χ2v) is 9.47. The van der Waals surface area contributed by atoms with E-state index in [-0.39, 0.29) is 11.7 Å². The number of methoxy groups -OCH3 is 1. The minimum atomic E-state index is -0.399. The van der Waals surface area contributed by atoms with Crippen LogP contribution in [-0.2, 0) is 6.54 Å². The van der Waals surface area contributed by atoms with Crippen molar-refractivity contribution in [2.75, 3.05) is 7.11 Å². The van der Waals surface area contributed by atoms with E-state index in [1.807, 2.05) is 47.0 Å². The molecule has 0 saturated heterocycles. The lowest BCUT2D eigenvalue weighted by Crippen LogP contribution is -2.29. The summed E-state index contributed by atoms with van der Waals surface area (Å²) in [6.45, 7) is 0.308. The monoisotopic (exact) mass is 505 g/mol. The lowest BCUT2D eigenvalue weighted by molar-refractivity contribution is 0.0759. The van der Waals surface area contributed by atoms with Crippen LogP contribution in [0.15, 0.2) is 71.5 Å². The number of ether oxygens (including phenoxy) is 1. The molecule has 1 fully saturated rings. The highest BCUT2D eigenvalue weighted by atomic mass is 35.5. The minimum absolute atomic E-state index is 0.0562. The van der Waals surface area contributed by atoms with E-state index in [0.717, 1.165) is 42.3 Å². The standard InChI is InChI=1S/C28H28ClN3O4/c1-35-26-16-19(27(33)30-36-23-10-6-3-7-11-23)12-13-20(26)18-31-24-15-14-21(29)17-25(24)32(28(31)34)22-8-4-2-5-9-22/h3,6-7,10-17,22H,2,4-5,8-9,18H2,1H3,(H,30,33). The average Bonchev–Trinajstić information content (AvgIpc) is 3.18. The molecule has 5 rings (SSSR count). The number of hydrogen-bond donors (Lipinski definition) is 1. The van der Waals surface area contributed by atoms with Gasteiger partial charge in [-0.1, -0.05) is 55.1 Å². The molecule has 1 aliphatic carbocycles. The number of nitrogens with zero attached hydrogens (tertiary/aromatic N) is 2. The Balaban J connectivity index is 1.44. The van der Waals surface area contributed by atoms with Gasteiger partial charge in [-0.2, -0.15) is 5.48 Å². The number of nitrogens with one attached hydrogen (secondary N) is 1. The number of para-hydroxylation sites is 1. The van der Waals surface area contributed by atoms with E-state index >= 15 is 0 Å². The predicted octanol–water partition coefficient (Wildman–Crippen LogP) is 5.74. The first-order valence-corrected chi connectivity index (χ1v) is 12.5. The lowest BCUT2D eigenvalue weighted by atomic mass is 9.95. The van der Waals surface area contributed by atoms with Crippen LogP contribution in [-0.4, -0.2) is 22.2 Å². The molecule has 4 aromatic rings. The van der Waals surface area contributed by atoms with Crippen LogP contribution in [0.5, 0.6) is 11.5 Å². The molecule has 7 nitrogen and oxygen atoms in total. The molecule has 36 heavy (non-hydrogen) atoms. The summed E-state index contributed by atoms with van der Waals surface area (Å²) in [7, 11) is 1.55. The summed E-state index contributed by atoms with van der Waals surface area (Å²) in [6.07, 6.45) is 5.43. The van der Waals surface area contributed by atoms with E-state index in [1.54, 1.807) is 35.9 Å². The lowest BCUT2D eigenvalue weighted by Gasteiger charge is -2.23. The molecule has 0 bridgehead atoms. The van der Waals surface area contributed by atoms with E-state index in [1.165, 1.54) is 6.42 Å². The SMILES string of the molecule is COc1cc(C(=O)NOc2ccccc2)ccc1Cn1c(=O)n(C2CCCCC2)c2cc(Cl)ccc21. The van der Waals surface area contributed by atoms with Gasteiger partial charge in [-0.3, -0.25) is 13.9 Å². The Kier molecular flexibility index (Phi) is 7.00. The number of amides is 1. The molecule has 0 aliphatic heterocycles. The van der Waals surface area contributed by atoms with E-state index in [2.05, 4.69) is 5.48 Å². The Morgan fingerprint density at radius 3 is 2.53 bits per heavy atom. The number of hydroxylamine groups is 1. The number of hydrogen-bond acceptors (Lipinski definition) is 4. The molecule has 1 aliphatic rings. The second-order valence-electron chi connectivity index (χ2n) is 9.04. The van der Waals surface area contributed by atoms with Crippen molar-refractivity contribution in [2.24, 2.45) is 0 Å². The van der Waals surface area contributed by atoms with Gasteiger partial charge in [-0.05, 0) is 55.3 Å². The molecule has 1 saturated carbocycles. The van der Waals surface area contributed by atoms with Crippen molar-refractivity contribution in [3.63, 3.8) is 0 Å². The number of carbonyl (C=O) groups excluding carboxylic acids is 1. The Hall–Kier alpha value is -3.71. The molecule has 8 heteroatoms. The van der Waals surface area contributed by atoms with Crippen molar-refractivity contribution in [1.82, 2.24) is 14.6 Å². The molecule has 0 atom stereocenters. The minimum Gasteiger partial charge on any atom is -0.496 e. The van der Waals surface area contributed by atoms with E-state index < -0.39 is 5.91 Å². The molecule has 0 radical (unpaired) electrons. The molecule has 1 N–H and O–H groups in total. The first-order valence-electron chi connectivity index (χ1n) is 12.1. The van der Waals surface area contributed by atoms with Crippen LogP contribution in [0.4, 0.5) is 0 Å². The zero-order chi connectivity index (χ0) is 25.1. The Morgan fingerprint density at radius 2 is 1.78 bits per heavy atom. The van der Waals surface area contributed by atoms with Gasteiger partial charge >= 0.3 is 5.69 Å². The van der Waals surface area contributed by atoms with Gasteiger partial charge in [0.2, 0.25) is 0 Å². The van der Waals surface area contributed by atoms with Gasteiger partial charge in [0.1, 0.15) is 5.75 Å². The summed E-state index contributed by atoms with van der Waals surface area (Å²) < 4.78 is 9.27. The third kappa shape index (κ3) is 4.84. The van der Waals surface area contributed by atoms with Crippen molar-refractivity contribution in [2.45, 2.75) is 44.7 Å². The number of halogens is 1. The molecule has 0 unspecified atom stereocenters. The number of imidazole rings is 1. The number of aromatic nitrogens is 2. The summed E-state index contributed by atoms with van der Waals surface area (Å²) >= 11 is 6.32. The van der Waals surface area contributed by atoms with Crippen LogP contribution in [0, 0.1) is 0 Å². The molecular weight excluding hydrogens is 478 g/mol. The first kappa shape index (κ1) is 24.0. The van der Waals surface area contributed by atoms with Gasteiger partial charge in [-0.25, -0.2) is 4.79 Å². The van der Waals surface area contributed by atoms with Crippen molar-refractivity contribution >= 4 is 28.5 Å². The second kappa shape index (κ2) is 10.5. The normalized spacial score (nSPS) is 14.1. The van der Waals surface area contributed by atoms with Gasteiger partial charge in [0.25, 0.3) is 5.91 Å². The van der Waals surface area contributed by atoms with Crippen molar-refractivity contribution in [3.05, 3.63) is 93.4 Å². The summed E-state index contributed by atoms with van der Waals surface area (Å²) in [5.41, 5.74) is 5.25. The zero-order valence-electron chi connectivity index (χ0n) is 20.1. The Bertz CT molecular complexity index is 1440. The van der Waals surface area contributed by atoms with Crippen LogP contribution in [0.3, 0.4) is 0 Å². The van der Waals surface area contributed by atoms with E-state index in [0.29, 0.717) is 28.6 Å². The summed E-state index contributed by atoms with van der Waals surface area (Å²) in [5, 5.41) is 0.606. The molecular formula is C28H28ClN3O4. The molecule has 0 spiro atoms. The van der Waals surface area contributed by atoms with Crippen molar-refractivity contribution < 1.29 is 14.4 Å². The van der Waals surface area contributed by atoms with Crippen molar-refractivity contribution in [1.29, 1.82) is 0 Å². The predicted molar refractivity (Wildman–Crippen MR) is 140 cm³/mol. The topological polar surface area (TPSA) is 74.5 Å². The maximum Gasteiger partial charge on any atom is 0.329 e. The van der Waals surface area contributed by atoms with Crippen LogP contribution < -0.4 is 20.7 Å². The summed E-state index contributed by atoms with van der Waals surface area (Å²) in [6, 6.07) is 19.9. The fraction of sp³-hybridized carbons (Fsp3) is 0.286. The van der Waals surface area contributed by atoms with Gasteiger partial charge in [0, 0.05) is 22.2 Å². The number of rotatable bonds is 7. The zero-order valence-corrected chi connectivity index (χ0v) is 20.8. The molecule has 186 valence electrons. The Morgan fingerprint density at radius 1 is 1.00 bits per heavy atom. The fourth-order valence-corrected chi connectivity index (χ4v) is 5.10. The molecule has 1 heterocycles. The van der Waals surface area contributed by atoms with Gasteiger partial charge in [0.15, 0.2) is 5.75 Å². The van der Waals surface area contributed by atoms with Gasteiger partial charge in [-0.15, -0.1) is 0 Å². The first-order chi connectivity index (χ1) is 17.5. The maximum atomic E-state index is 13.7. The smallest absolute Gasteiger partial charge is 0.329 e. The van der Waals surface area contributed by atoms with Crippen LogP contribution >= 0.6 is 11.6 Å².